The molecule has 1 N–H and O–H groups in total. The van der Waals surface area contributed by atoms with E-state index in [4.69, 9.17) is 5.11 Å². The average molecular weight is 312 g/mol. The van der Waals surface area contributed by atoms with Gasteiger partial charge in [0, 0.05) is 26.7 Å². The number of aliphatic hydroxyl groups excluding tert-OH is 1. The fraction of sp³-hybridized carbons (Fsp3) is 0.714. The zero-order valence-corrected chi connectivity index (χ0v) is 13.8. The van der Waals surface area contributed by atoms with E-state index in [1.807, 2.05) is 20.8 Å². The summed E-state index contributed by atoms with van der Waals surface area (Å²) in [5, 5.41) is 24.2. The summed E-state index contributed by atoms with van der Waals surface area (Å²) in [4.78, 5) is 25.0. The molecule has 0 atom stereocenters. The third kappa shape index (κ3) is 4.27. The smallest absolute Gasteiger partial charge is 0.322 e. The first-order valence-corrected chi connectivity index (χ1v) is 7.16. The summed E-state index contributed by atoms with van der Waals surface area (Å²) in [5.74, 6) is -0.432. The van der Waals surface area contributed by atoms with Gasteiger partial charge in [-0.1, -0.05) is 20.8 Å². The number of amides is 1. The minimum absolute atomic E-state index is 0.0234. The second kappa shape index (κ2) is 6.87. The monoisotopic (exact) mass is 312 g/mol. The summed E-state index contributed by atoms with van der Waals surface area (Å²) in [5.41, 5.74) is -0.220. The summed E-state index contributed by atoms with van der Waals surface area (Å²) in [7, 11) is 1.52. The van der Waals surface area contributed by atoms with Gasteiger partial charge in [-0.15, -0.1) is 0 Å². The Morgan fingerprint density at radius 1 is 1.45 bits per heavy atom. The number of carbonyl (C=O) groups is 1. The van der Waals surface area contributed by atoms with E-state index in [1.165, 1.54) is 18.7 Å². The number of nitro groups is 1. The minimum atomic E-state index is -0.573. The van der Waals surface area contributed by atoms with Crippen LogP contribution < -0.4 is 0 Å². The van der Waals surface area contributed by atoms with Crippen molar-refractivity contribution in [1.29, 1.82) is 0 Å². The highest BCUT2D eigenvalue weighted by molar-refractivity contribution is 5.97. The average Bonchev–Trinajstić information content (AvgIpc) is 2.67. The first-order chi connectivity index (χ1) is 10.1. The lowest BCUT2D eigenvalue weighted by molar-refractivity contribution is -0.385. The predicted octanol–water partition coefficient (Wildman–Crippen LogP) is 1.51. The van der Waals surface area contributed by atoms with Crippen molar-refractivity contribution in [3.63, 3.8) is 0 Å². The van der Waals surface area contributed by atoms with Crippen molar-refractivity contribution >= 4 is 11.6 Å². The zero-order chi connectivity index (χ0) is 17.1. The number of carbonyl (C=O) groups excluding carboxylic acids is 1. The molecule has 8 nitrogen and oxygen atoms in total. The van der Waals surface area contributed by atoms with E-state index >= 15 is 0 Å². The van der Waals surface area contributed by atoms with Crippen LogP contribution in [0, 0.1) is 22.5 Å². The Morgan fingerprint density at radius 2 is 2.05 bits per heavy atom. The third-order valence-electron chi connectivity index (χ3n) is 3.11. The molecular formula is C14H24N4O4. The molecule has 8 heteroatoms. The molecule has 0 spiro atoms. The molecular weight excluding hydrogens is 288 g/mol. The fourth-order valence-electron chi connectivity index (χ4n) is 2.34. The molecule has 1 aromatic rings. The lowest BCUT2D eigenvalue weighted by Crippen LogP contribution is -2.39. The summed E-state index contributed by atoms with van der Waals surface area (Å²) >= 11 is 0. The van der Waals surface area contributed by atoms with Crippen molar-refractivity contribution in [3.05, 3.63) is 21.5 Å². The zero-order valence-electron chi connectivity index (χ0n) is 13.8. The number of aryl methyl sites for hydroxylation is 2. The molecule has 124 valence electrons. The van der Waals surface area contributed by atoms with Crippen LogP contribution in [0.15, 0.2) is 0 Å². The lowest BCUT2D eigenvalue weighted by Gasteiger charge is -2.29. The van der Waals surface area contributed by atoms with Gasteiger partial charge in [-0.25, -0.2) is 0 Å². The number of aliphatic hydroxyl groups is 1. The van der Waals surface area contributed by atoms with Gasteiger partial charge in [-0.05, 0) is 18.8 Å². The van der Waals surface area contributed by atoms with Gasteiger partial charge < -0.3 is 10.0 Å². The molecule has 0 saturated heterocycles. The summed E-state index contributed by atoms with van der Waals surface area (Å²) in [6.07, 6.45) is 0.423. The number of rotatable bonds is 6. The first-order valence-electron chi connectivity index (χ1n) is 7.16. The van der Waals surface area contributed by atoms with Crippen LogP contribution in [0.2, 0.25) is 0 Å². The van der Waals surface area contributed by atoms with E-state index in [1.54, 1.807) is 4.90 Å². The quantitative estimate of drug-likeness (QED) is 0.633. The van der Waals surface area contributed by atoms with Crippen LogP contribution >= 0.6 is 0 Å². The Hall–Kier alpha value is -1.96. The normalized spacial score (nSPS) is 11.5. The molecule has 0 aliphatic carbocycles. The second-order valence-electron chi connectivity index (χ2n) is 6.53. The number of hydrogen-bond acceptors (Lipinski definition) is 5. The SMILES string of the molecule is Cc1nn(C)c(C(=O)N(CCCO)CC(C)(C)C)c1[N+](=O)[O-]. The van der Waals surface area contributed by atoms with Crippen molar-refractivity contribution in [2.75, 3.05) is 19.7 Å². The van der Waals surface area contributed by atoms with Gasteiger partial charge in [0.2, 0.25) is 5.69 Å². The van der Waals surface area contributed by atoms with Crippen LogP contribution in [-0.2, 0) is 7.05 Å². The molecule has 0 unspecified atom stereocenters. The van der Waals surface area contributed by atoms with Gasteiger partial charge in [0.25, 0.3) is 5.91 Å². The van der Waals surface area contributed by atoms with Crippen molar-refractivity contribution in [2.45, 2.75) is 34.1 Å². The van der Waals surface area contributed by atoms with Gasteiger partial charge in [-0.2, -0.15) is 5.10 Å². The van der Waals surface area contributed by atoms with Crippen LogP contribution in [0.1, 0.15) is 43.4 Å². The molecule has 0 bridgehead atoms. The minimum Gasteiger partial charge on any atom is -0.396 e. The fourth-order valence-corrected chi connectivity index (χ4v) is 2.34. The third-order valence-corrected chi connectivity index (χ3v) is 3.11. The van der Waals surface area contributed by atoms with Crippen LogP contribution in [0.3, 0.4) is 0 Å². The topological polar surface area (TPSA) is 102 Å². The van der Waals surface area contributed by atoms with Crippen LogP contribution in [0.5, 0.6) is 0 Å². The molecule has 22 heavy (non-hydrogen) atoms. The van der Waals surface area contributed by atoms with Gasteiger partial charge >= 0.3 is 5.69 Å². The van der Waals surface area contributed by atoms with E-state index in [0.29, 0.717) is 19.5 Å². The van der Waals surface area contributed by atoms with Crippen molar-refractivity contribution < 1.29 is 14.8 Å². The van der Waals surface area contributed by atoms with Gasteiger partial charge in [0.05, 0.1) is 4.92 Å². The summed E-state index contributed by atoms with van der Waals surface area (Å²) in [6, 6.07) is 0. The highest BCUT2D eigenvalue weighted by Crippen LogP contribution is 2.25. The predicted molar refractivity (Wildman–Crippen MR) is 81.7 cm³/mol. The molecule has 1 amide bonds. The highest BCUT2D eigenvalue weighted by atomic mass is 16.6. The van der Waals surface area contributed by atoms with E-state index < -0.39 is 10.8 Å². The molecule has 0 aliphatic heterocycles. The largest absolute Gasteiger partial charge is 0.396 e. The molecule has 1 aromatic heterocycles. The Morgan fingerprint density at radius 3 is 2.50 bits per heavy atom. The van der Waals surface area contributed by atoms with Crippen LogP contribution in [0.25, 0.3) is 0 Å². The highest BCUT2D eigenvalue weighted by Gasteiger charge is 2.33. The van der Waals surface area contributed by atoms with Gasteiger partial charge in [-0.3, -0.25) is 19.6 Å². The molecule has 0 aliphatic rings. The summed E-state index contributed by atoms with van der Waals surface area (Å²) in [6.45, 7) is 8.19. The maximum Gasteiger partial charge on any atom is 0.322 e. The number of aromatic nitrogens is 2. The molecule has 1 heterocycles. The Bertz CT molecular complexity index is 560. The lowest BCUT2D eigenvalue weighted by atomic mass is 9.95. The summed E-state index contributed by atoms with van der Waals surface area (Å²) < 4.78 is 1.25. The van der Waals surface area contributed by atoms with Crippen molar-refractivity contribution in [2.24, 2.45) is 12.5 Å². The number of nitrogens with zero attached hydrogens (tertiary/aromatic N) is 4. The van der Waals surface area contributed by atoms with Crippen molar-refractivity contribution in [1.82, 2.24) is 14.7 Å². The Balaban J connectivity index is 3.21. The van der Waals surface area contributed by atoms with Crippen LogP contribution in [0.4, 0.5) is 5.69 Å². The molecule has 0 radical (unpaired) electrons. The van der Waals surface area contributed by atoms with Crippen LogP contribution in [-0.4, -0.2) is 50.3 Å². The second-order valence-corrected chi connectivity index (χ2v) is 6.53. The van der Waals surface area contributed by atoms with Gasteiger partial charge in [0.1, 0.15) is 5.69 Å². The van der Waals surface area contributed by atoms with E-state index in [0.717, 1.165) is 0 Å². The van der Waals surface area contributed by atoms with Crippen molar-refractivity contribution in [3.8, 4) is 0 Å². The van der Waals surface area contributed by atoms with E-state index in [2.05, 4.69) is 5.10 Å². The Labute approximate surface area is 129 Å². The maximum atomic E-state index is 12.8. The maximum absolute atomic E-state index is 12.8. The molecule has 1 rings (SSSR count). The van der Waals surface area contributed by atoms with E-state index in [9.17, 15) is 14.9 Å². The molecule has 0 fully saturated rings. The van der Waals surface area contributed by atoms with Gasteiger partial charge in [0.15, 0.2) is 0 Å². The standard InChI is InChI=1S/C14H24N4O4/c1-10-11(18(21)22)12(16(5)15-10)13(20)17(7-6-8-19)9-14(2,3)4/h19H,6-9H2,1-5H3. The molecule has 0 saturated carbocycles. The first kappa shape index (κ1) is 18.1. The number of hydrogen-bond donors (Lipinski definition) is 1. The van der Waals surface area contributed by atoms with E-state index in [-0.39, 0.29) is 29.1 Å². The Kier molecular flexibility index (Phi) is 5.65. The molecule has 0 aromatic carbocycles.